The zero-order chi connectivity index (χ0) is 32.4. The molecule has 3 N–H and O–H groups in total. The van der Waals surface area contributed by atoms with Gasteiger partial charge in [-0.05, 0) is 57.6 Å². The molecule has 5 rings (SSSR count). The number of hydrogen-bond acceptors (Lipinski definition) is 9. The zero-order valence-electron chi connectivity index (χ0n) is 25.3. The highest BCUT2D eigenvalue weighted by atomic mass is 32.2. The first-order valence-corrected chi connectivity index (χ1v) is 16.8. The summed E-state index contributed by atoms with van der Waals surface area (Å²) in [6.07, 6.45) is 5.25. The van der Waals surface area contributed by atoms with Crippen molar-refractivity contribution in [3.8, 4) is 0 Å². The van der Waals surface area contributed by atoms with Gasteiger partial charge < -0.3 is 24.6 Å². The SMILES string of the molecule is CCOC(=O)c1ccccc1NC(=O)O[C@@H]1C[C@H]2C(=O)N[C@]3(C(=O)NS(=O)(=O)C4CC4)C[C@H]3/C=C/CCCCN(C)C(=O)N2C1. The largest absolute Gasteiger partial charge is 0.462 e. The summed E-state index contributed by atoms with van der Waals surface area (Å²) in [6, 6.07) is 4.73. The standard InChI is InChI=1S/C30H39N5O9S/c1-3-43-26(37)22-11-7-8-12-23(22)31-28(39)44-20-16-24-25(36)32-30(27(38)33-45(41,42)21-13-14-21)17-19(30)10-6-4-5-9-15-34(2)29(40)35(24)18-20/h6-8,10-12,19-21,24H,3-5,9,13-18H2,1-2H3,(H,31,39)(H,32,36)(H,33,38)/b10-6+/t19-,20-,24+,30-/m1/s1. The van der Waals surface area contributed by atoms with Crippen LogP contribution in [0.15, 0.2) is 36.4 Å². The van der Waals surface area contributed by atoms with Crippen LogP contribution in [-0.4, -0.2) is 97.8 Å². The van der Waals surface area contributed by atoms with Gasteiger partial charge in [-0.15, -0.1) is 0 Å². The number of carbonyl (C=O) groups is 5. The molecule has 14 nitrogen and oxygen atoms in total. The average molecular weight is 646 g/mol. The van der Waals surface area contributed by atoms with Crippen molar-refractivity contribution in [2.45, 2.75) is 74.8 Å². The van der Waals surface area contributed by atoms with Gasteiger partial charge in [0, 0.05) is 25.9 Å². The number of nitrogens with one attached hydrogen (secondary N) is 3. The lowest BCUT2D eigenvalue weighted by Crippen LogP contribution is -2.57. The number of benzene rings is 1. The predicted molar refractivity (Wildman–Crippen MR) is 161 cm³/mol. The third-order valence-electron chi connectivity index (χ3n) is 8.52. The molecule has 2 aliphatic carbocycles. The number of rotatable bonds is 7. The number of allylic oxidation sites excluding steroid dienone is 1. The van der Waals surface area contributed by atoms with E-state index in [9.17, 15) is 32.4 Å². The van der Waals surface area contributed by atoms with Crippen LogP contribution < -0.4 is 15.4 Å². The minimum Gasteiger partial charge on any atom is -0.462 e. The molecule has 0 radical (unpaired) electrons. The molecule has 0 unspecified atom stereocenters. The molecule has 1 saturated heterocycles. The Morgan fingerprint density at radius 1 is 1.13 bits per heavy atom. The zero-order valence-corrected chi connectivity index (χ0v) is 26.1. The molecule has 15 heteroatoms. The van der Waals surface area contributed by atoms with Crippen LogP contribution in [0.5, 0.6) is 0 Å². The topological polar surface area (TPSA) is 181 Å². The van der Waals surface area contributed by atoms with Gasteiger partial charge in [-0.1, -0.05) is 24.3 Å². The van der Waals surface area contributed by atoms with Crippen LogP contribution in [0, 0.1) is 5.92 Å². The van der Waals surface area contributed by atoms with E-state index in [1.54, 1.807) is 26.1 Å². The summed E-state index contributed by atoms with van der Waals surface area (Å²) in [5, 5.41) is 4.69. The average Bonchev–Trinajstić information content (AvgIpc) is 3.91. The monoisotopic (exact) mass is 645 g/mol. The number of nitrogens with zero attached hydrogens (tertiary/aromatic N) is 2. The number of hydrogen-bond donors (Lipinski definition) is 3. The van der Waals surface area contributed by atoms with E-state index in [1.165, 1.54) is 21.9 Å². The minimum absolute atomic E-state index is 0.0586. The van der Waals surface area contributed by atoms with Gasteiger partial charge in [0.25, 0.3) is 5.91 Å². The second-order valence-corrected chi connectivity index (χ2v) is 13.9. The molecule has 45 heavy (non-hydrogen) atoms. The van der Waals surface area contributed by atoms with Gasteiger partial charge in [-0.25, -0.2) is 22.8 Å². The first-order valence-electron chi connectivity index (χ1n) is 15.3. The van der Waals surface area contributed by atoms with E-state index in [-0.39, 0.29) is 37.2 Å². The molecule has 5 amide bonds. The molecular weight excluding hydrogens is 606 g/mol. The summed E-state index contributed by atoms with van der Waals surface area (Å²) in [5.74, 6) is -2.48. The molecule has 0 aromatic heterocycles. The lowest BCUT2D eigenvalue weighted by molar-refractivity contribution is -0.131. The maximum absolute atomic E-state index is 13.8. The Bertz CT molecular complexity index is 1490. The van der Waals surface area contributed by atoms with E-state index in [4.69, 9.17) is 9.47 Å². The number of amides is 5. The quantitative estimate of drug-likeness (QED) is 0.296. The third-order valence-corrected chi connectivity index (χ3v) is 10.3. The van der Waals surface area contributed by atoms with Gasteiger partial charge in [0.05, 0.1) is 29.7 Å². The van der Waals surface area contributed by atoms with Crippen LogP contribution in [0.3, 0.4) is 0 Å². The van der Waals surface area contributed by atoms with E-state index in [0.29, 0.717) is 32.2 Å². The van der Waals surface area contributed by atoms with E-state index in [1.807, 2.05) is 12.2 Å². The molecule has 3 fully saturated rings. The highest BCUT2D eigenvalue weighted by Crippen LogP contribution is 2.46. The Labute approximate surface area is 261 Å². The van der Waals surface area contributed by atoms with Crippen molar-refractivity contribution in [1.29, 1.82) is 0 Å². The van der Waals surface area contributed by atoms with Crippen molar-refractivity contribution in [2.75, 3.05) is 32.1 Å². The number of urea groups is 1. The molecular formula is C30H39N5O9S. The Morgan fingerprint density at radius 2 is 1.89 bits per heavy atom. The minimum atomic E-state index is -3.86. The summed E-state index contributed by atoms with van der Waals surface area (Å²) in [4.78, 5) is 68.7. The molecule has 1 aromatic carbocycles. The number of carbonyl (C=O) groups excluding carboxylic acids is 5. The van der Waals surface area contributed by atoms with Gasteiger partial charge in [-0.3, -0.25) is 19.6 Å². The number of sulfonamides is 1. The van der Waals surface area contributed by atoms with E-state index >= 15 is 0 Å². The van der Waals surface area contributed by atoms with Crippen molar-refractivity contribution >= 4 is 45.6 Å². The number of esters is 1. The highest BCUT2D eigenvalue weighted by molar-refractivity contribution is 7.91. The van der Waals surface area contributed by atoms with Crippen molar-refractivity contribution in [3.63, 3.8) is 0 Å². The fourth-order valence-corrected chi connectivity index (χ4v) is 7.13. The third kappa shape index (κ3) is 7.24. The first-order chi connectivity index (χ1) is 21.4. The molecule has 0 bridgehead atoms. The lowest BCUT2D eigenvalue weighted by atomic mass is 10.1. The Balaban J connectivity index is 1.33. The van der Waals surface area contributed by atoms with Crippen molar-refractivity contribution in [2.24, 2.45) is 5.92 Å². The van der Waals surface area contributed by atoms with Crippen LogP contribution in [0.4, 0.5) is 15.3 Å². The molecule has 1 aromatic rings. The molecule has 0 spiro atoms. The molecule has 244 valence electrons. The highest BCUT2D eigenvalue weighted by Gasteiger charge is 2.62. The van der Waals surface area contributed by atoms with Gasteiger partial charge >= 0.3 is 18.1 Å². The summed E-state index contributed by atoms with van der Waals surface area (Å²) >= 11 is 0. The summed E-state index contributed by atoms with van der Waals surface area (Å²) < 4.78 is 38.0. The van der Waals surface area contributed by atoms with E-state index in [0.717, 1.165) is 6.42 Å². The van der Waals surface area contributed by atoms with Gasteiger partial charge in [0.1, 0.15) is 17.7 Å². The van der Waals surface area contributed by atoms with E-state index < -0.39 is 68.8 Å². The van der Waals surface area contributed by atoms with Crippen LogP contribution in [0.1, 0.15) is 62.2 Å². The first kappa shape index (κ1) is 32.3. The predicted octanol–water partition coefficient (Wildman–Crippen LogP) is 2.13. The summed E-state index contributed by atoms with van der Waals surface area (Å²) in [6.45, 7) is 2.17. The maximum atomic E-state index is 13.8. The Hall–Kier alpha value is -4.14. The van der Waals surface area contributed by atoms with Crippen LogP contribution in [-0.2, 0) is 29.1 Å². The van der Waals surface area contributed by atoms with Gasteiger partial charge in [-0.2, -0.15) is 0 Å². The second kappa shape index (κ2) is 13.1. The molecule has 4 atom stereocenters. The smallest absolute Gasteiger partial charge is 0.411 e. The Kier molecular flexibility index (Phi) is 9.37. The fraction of sp³-hybridized carbons (Fsp3) is 0.567. The fourth-order valence-electron chi connectivity index (χ4n) is 5.77. The van der Waals surface area contributed by atoms with Crippen molar-refractivity contribution in [3.05, 3.63) is 42.0 Å². The second-order valence-electron chi connectivity index (χ2n) is 11.9. The van der Waals surface area contributed by atoms with Crippen molar-refractivity contribution < 1.29 is 41.9 Å². The normalized spacial score (nSPS) is 27.6. The van der Waals surface area contributed by atoms with Crippen LogP contribution in [0.2, 0.25) is 0 Å². The van der Waals surface area contributed by atoms with Crippen molar-refractivity contribution in [1.82, 2.24) is 19.8 Å². The van der Waals surface area contributed by atoms with Gasteiger partial charge in [0.2, 0.25) is 15.9 Å². The van der Waals surface area contributed by atoms with E-state index in [2.05, 4.69) is 15.4 Å². The molecule has 2 aliphatic heterocycles. The molecule has 2 heterocycles. The van der Waals surface area contributed by atoms with Crippen LogP contribution in [0.25, 0.3) is 0 Å². The lowest BCUT2D eigenvalue weighted by Gasteiger charge is -2.30. The maximum Gasteiger partial charge on any atom is 0.411 e. The number of anilines is 1. The number of ether oxygens (including phenoxy) is 2. The molecule has 2 saturated carbocycles. The number of para-hydroxylation sites is 1. The Morgan fingerprint density at radius 3 is 2.62 bits per heavy atom. The van der Waals surface area contributed by atoms with Gasteiger partial charge in [0.15, 0.2) is 0 Å². The summed E-state index contributed by atoms with van der Waals surface area (Å²) in [5.41, 5.74) is -1.17. The molecule has 4 aliphatic rings. The summed E-state index contributed by atoms with van der Waals surface area (Å²) in [7, 11) is -2.23. The number of fused-ring (bicyclic) bond motifs is 2. The van der Waals surface area contributed by atoms with Crippen LogP contribution >= 0.6 is 0 Å².